The van der Waals surface area contributed by atoms with Crippen LogP contribution in [0.15, 0.2) is 24.9 Å². The van der Waals surface area contributed by atoms with E-state index in [9.17, 15) is 9.59 Å². The highest BCUT2D eigenvalue weighted by Gasteiger charge is 2.28. The van der Waals surface area contributed by atoms with Crippen LogP contribution in [0.5, 0.6) is 0 Å². The molecule has 14 heavy (non-hydrogen) atoms. The van der Waals surface area contributed by atoms with Crippen molar-refractivity contribution in [2.45, 2.75) is 13.8 Å². The van der Waals surface area contributed by atoms with E-state index in [0.717, 1.165) is 6.08 Å². The van der Waals surface area contributed by atoms with E-state index < -0.39 is 5.97 Å². The van der Waals surface area contributed by atoms with Crippen LogP contribution in [0.2, 0.25) is 0 Å². The number of carboxylic acids is 1. The van der Waals surface area contributed by atoms with Crippen LogP contribution < -0.4 is 0 Å². The van der Waals surface area contributed by atoms with Gasteiger partial charge in [-0.3, -0.25) is 0 Å². The Bertz CT molecular complexity index is 265. The second-order valence-electron chi connectivity index (χ2n) is 2.86. The van der Waals surface area contributed by atoms with Crippen LogP contribution in [-0.4, -0.2) is 34.6 Å². The summed E-state index contributed by atoms with van der Waals surface area (Å²) in [6, 6.07) is 0. The Morgan fingerprint density at radius 3 is 2.14 bits per heavy atom. The van der Waals surface area contributed by atoms with Gasteiger partial charge in [0.05, 0.1) is 19.2 Å². The zero-order chi connectivity index (χ0) is 11.2. The first kappa shape index (κ1) is 12.6. The van der Waals surface area contributed by atoms with E-state index in [-0.39, 0.29) is 10.4 Å². The highest BCUT2D eigenvalue weighted by atomic mass is 16.4. The van der Waals surface area contributed by atoms with E-state index in [1.165, 1.54) is 12.3 Å². The number of carbonyl (C=O) groups excluding carboxylic acids is 1. The molecule has 0 rings (SSSR count). The van der Waals surface area contributed by atoms with E-state index in [0.29, 0.717) is 13.1 Å². The Kier molecular flexibility index (Phi) is 4.80. The van der Waals surface area contributed by atoms with Gasteiger partial charge in [-0.25, -0.2) is 14.1 Å². The van der Waals surface area contributed by atoms with Crippen molar-refractivity contribution in [1.29, 1.82) is 0 Å². The van der Waals surface area contributed by atoms with E-state index >= 15 is 0 Å². The Morgan fingerprint density at radius 1 is 1.36 bits per heavy atom. The molecular weight excluding hydrogens is 182 g/mol. The van der Waals surface area contributed by atoms with Crippen LogP contribution in [0.4, 0.5) is 0 Å². The summed E-state index contributed by atoms with van der Waals surface area (Å²) in [5.74, 6) is -1.24. The number of nitrogens with zero attached hydrogens (tertiary/aromatic N) is 1. The summed E-state index contributed by atoms with van der Waals surface area (Å²) < 4.78 is -0.00417. The summed E-state index contributed by atoms with van der Waals surface area (Å²) >= 11 is 0. The predicted molar refractivity (Wildman–Crippen MR) is 53.3 cm³/mol. The molecule has 4 heteroatoms. The highest BCUT2D eigenvalue weighted by Crippen LogP contribution is 2.09. The first-order valence-corrected chi connectivity index (χ1v) is 4.48. The predicted octanol–water partition coefficient (Wildman–Crippen LogP) is 1.15. The standard InChI is InChI=1S/C10H15NO3/c1-4-9(12)11(5-2,6-3)8-7-10(13)14/h4,7-8H,1,5-6H2,2-3H3/p+1. The van der Waals surface area contributed by atoms with E-state index in [1.54, 1.807) is 0 Å². The zero-order valence-corrected chi connectivity index (χ0v) is 8.56. The molecule has 0 atom stereocenters. The third kappa shape index (κ3) is 2.81. The van der Waals surface area contributed by atoms with Gasteiger partial charge in [-0.05, 0) is 13.8 Å². The molecule has 0 aromatic carbocycles. The van der Waals surface area contributed by atoms with E-state index in [2.05, 4.69) is 6.58 Å². The number of hydrogen-bond donors (Lipinski definition) is 1. The van der Waals surface area contributed by atoms with Gasteiger partial charge >= 0.3 is 11.9 Å². The molecule has 1 amide bonds. The monoisotopic (exact) mass is 198 g/mol. The lowest BCUT2D eigenvalue weighted by Gasteiger charge is -2.27. The topological polar surface area (TPSA) is 54.4 Å². The van der Waals surface area contributed by atoms with Gasteiger partial charge in [-0.15, -0.1) is 0 Å². The Hall–Kier alpha value is -1.42. The van der Waals surface area contributed by atoms with Gasteiger partial charge in [0.15, 0.2) is 0 Å². The lowest BCUT2D eigenvalue weighted by molar-refractivity contribution is -0.796. The molecule has 0 radical (unpaired) electrons. The first-order valence-electron chi connectivity index (χ1n) is 4.48. The van der Waals surface area contributed by atoms with E-state index in [1.807, 2.05) is 13.8 Å². The van der Waals surface area contributed by atoms with Gasteiger partial charge in [0.2, 0.25) is 0 Å². The normalized spacial score (nSPS) is 11.6. The van der Waals surface area contributed by atoms with Crippen LogP contribution >= 0.6 is 0 Å². The number of rotatable bonds is 5. The maximum Gasteiger partial charge on any atom is 0.342 e. The molecule has 0 aliphatic carbocycles. The number of likely N-dealkylation sites (N-methyl/N-ethyl adjacent to an activating group) is 1. The van der Waals surface area contributed by atoms with Crippen LogP contribution in [0.1, 0.15) is 13.8 Å². The molecule has 0 aromatic rings. The van der Waals surface area contributed by atoms with Gasteiger partial charge in [-0.1, -0.05) is 6.58 Å². The summed E-state index contributed by atoms with van der Waals surface area (Å²) in [5, 5.41) is 8.49. The van der Waals surface area contributed by atoms with Crippen molar-refractivity contribution in [3.05, 3.63) is 24.9 Å². The molecule has 0 spiro atoms. The summed E-state index contributed by atoms with van der Waals surface area (Å²) in [7, 11) is 0. The molecule has 0 fully saturated rings. The Balaban J connectivity index is 4.97. The Labute approximate surface area is 83.7 Å². The number of aliphatic carboxylic acids is 1. The molecule has 4 nitrogen and oxygen atoms in total. The van der Waals surface area contributed by atoms with Gasteiger partial charge in [0, 0.05) is 6.08 Å². The second-order valence-corrected chi connectivity index (χ2v) is 2.86. The van der Waals surface area contributed by atoms with Gasteiger partial charge in [0.1, 0.15) is 6.20 Å². The maximum atomic E-state index is 11.5. The molecular formula is C10H16NO3+. The Morgan fingerprint density at radius 2 is 1.86 bits per heavy atom. The van der Waals surface area contributed by atoms with Crippen LogP contribution in [0.3, 0.4) is 0 Å². The van der Waals surface area contributed by atoms with Crippen LogP contribution in [0.25, 0.3) is 0 Å². The first-order chi connectivity index (χ1) is 6.52. The average Bonchev–Trinajstić information content (AvgIpc) is 2.19. The molecule has 0 saturated carbocycles. The number of hydrogen-bond acceptors (Lipinski definition) is 2. The fourth-order valence-electron chi connectivity index (χ4n) is 1.21. The fourth-order valence-corrected chi connectivity index (χ4v) is 1.21. The zero-order valence-electron chi connectivity index (χ0n) is 8.56. The summed E-state index contributed by atoms with van der Waals surface area (Å²) in [5.41, 5.74) is 0. The SMILES string of the molecule is C=CC(=O)[N+](C=CC(=O)O)(CC)CC. The molecule has 0 saturated heterocycles. The van der Waals surface area contributed by atoms with E-state index in [4.69, 9.17) is 5.11 Å². The average molecular weight is 198 g/mol. The van der Waals surface area contributed by atoms with Crippen LogP contribution in [0, 0.1) is 0 Å². The molecule has 1 N–H and O–H groups in total. The lowest BCUT2D eigenvalue weighted by atomic mass is 10.3. The largest absolute Gasteiger partial charge is 0.478 e. The van der Waals surface area contributed by atoms with Crippen molar-refractivity contribution < 1.29 is 19.2 Å². The van der Waals surface area contributed by atoms with Crippen molar-refractivity contribution in [3.63, 3.8) is 0 Å². The number of amides is 1. The highest BCUT2D eigenvalue weighted by molar-refractivity contribution is 5.83. The minimum Gasteiger partial charge on any atom is -0.478 e. The van der Waals surface area contributed by atoms with Crippen molar-refractivity contribution >= 4 is 11.9 Å². The number of quaternary nitrogens is 1. The molecule has 0 aliphatic heterocycles. The van der Waals surface area contributed by atoms with Gasteiger partial charge in [-0.2, -0.15) is 0 Å². The number of carbonyl (C=O) groups is 2. The third-order valence-electron chi connectivity index (χ3n) is 2.24. The number of carboxylic acid groups (broad SMARTS) is 1. The van der Waals surface area contributed by atoms with Crippen molar-refractivity contribution in [2.24, 2.45) is 0 Å². The smallest absolute Gasteiger partial charge is 0.342 e. The molecule has 0 heterocycles. The lowest BCUT2D eigenvalue weighted by Crippen LogP contribution is -2.47. The van der Waals surface area contributed by atoms with Crippen molar-refractivity contribution in [1.82, 2.24) is 0 Å². The summed E-state index contributed by atoms with van der Waals surface area (Å²) in [4.78, 5) is 21.9. The van der Waals surface area contributed by atoms with Gasteiger partial charge in [0.25, 0.3) is 0 Å². The summed E-state index contributed by atoms with van der Waals surface area (Å²) in [6.07, 6.45) is 3.61. The second kappa shape index (κ2) is 5.34. The maximum absolute atomic E-state index is 11.5. The quantitative estimate of drug-likeness (QED) is 0.532. The molecule has 78 valence electrons. The fraction of sp³-hybridized carbons (Fsp3) is 0.400. The van der Waals surface area contributed by atoms with Gasteiger partial charge < -0.3 is 5.11 Å². The molecule has 0 aliphatic rings. The third-order valence-corrected chi connectivity index (χ3v) is 2.24. The summed E-state index contributed by atoms with van der Waals surface area (Å²) in [6.45, 7) is 8.10. The minimum atomic E-state index is -1.05. The minimum absolute atomic E-state index is 0.00417. The molecule has 0 bridgehead atoms. The van der Waals surface area contributed by atoms with Crippen LogP contribution in [-0.2, 0) is 9.59 Å². The molecule has 0 unspecified atom stereocenters. The van der Waals surface area contributed by atoms with Crippen molar-refractivity contribution in [2.75, 3.05) is 13.1 Å². The van der Waals surface area contributed by atoms with Crippen molar-refractivity contribution in [3.8, 4) is 0 Å². The molecule has 0 aromatic heterocycles.